The zero-order valence-electron chi connectivity index (χ0n) is 62.5. The minimum Gasteiger partial charge on any atom is -0.497 e. The average Bonchev–Trinajstić information content (AvgIpc) is 0.731. The molecule has 16 bridgehead atoms. The molecule has 574 valence electrons. The molecule has 5 aliphatic rings. The third kappa shape index (κ3) is 16.4. The number of halogens is 12. The maximum Gasteiger partial charge on any atom is 0.137 e. The molecule has 8 nitrogen and oxygen atoms in total. The van der Waals surface area contributed by atoms with E-state index in [1.165, 1.54) is 55.6 Å². The van der Waals surface area contributed by atoms with Crippen LogP contribution >= 0.6 is 139 Å². The topological polar surface area (TPSA) is 95.8 Å². The Balaban J connectivity index is 0.000000507. The van der Waals surface area contributed by atoms with E-state index in [-0.39, 0.29) is 0 Å². The summed E-state index contributed by atoms with van der Waals surface area (Å²) in [5.41, 5.74) is 35.9. The normalized spacial score (nSPS) is 12.8. The fourth-order valence-corrected chi connectivity index (χ4v) is 16.0. The molecule has 0 radical (unpaired) electrons. The molecule has 0 saturated heterocycles. The van der Waals surface area contributed by atoms with Gasteiger partial charge in [-0.2, -0.15) is 0 Å². The monoisotopic (exact) mass is 1750 g/mol. The predicted octanol–water partition coefficient (Wildman–Crippen LogP) is 25.4. The summed E-state index contributed by atoms with van der Waals surface area (Å²) in [7, 11) is 3.44. The van der Waals surface area contributed by atoms with E-state index in [0.29, 0.717) is 0 Å². The predicted molar refractivity (Wildman–Crippen MR) is 484 cm³/mol. The van der Waals surface area contributed by atoms with Gasteiger partial charge in [-0.3, -0.25) is 19.9 Å². The van der Waals surface area contributed by atoms with E-state index in [0.717, 1.165) is 218 Å². The lowest BCUT2D eigenvalue weighted by Crippen LogP contribution is -2.15. The van der Waals surface area contributed by atoms with Crippen LogP contribution in [-0.2, 0) is 51.4 Å². The number of ether oxygens (including phenoxy) is 2. The molecule has 0 amide bonds. The summed E-state index contributed by atoms with van der Waals surface area (Å²) in [6, 6.07) is 56.2. The zero-order chi connectivity index (χ0) is 80.7. The number of alkyl halides is 12. The van der Waals surface area contributed by atoms with Crippen LogP contribution in [0.3, 0.4) is 0 Å². The first-order valence-electron chi connectivity index (χ1n) is 37.2. The zero-order valence-corrected chi connectivity index (χ0v) is 71.5. The molecule has 14 aromatic rings. The van der Waals surface area contributed by atoms with Gasteiger partial charge in [-0.15, -0.1) is 139 Å². The van der Waals surface area contributed by atoms with Gasteiger partial charge < -0.3 is 9.47 Å². The molecule has 0 N–H and O–H groups in total. The summed E-state index contributed by atoms with van der Waals surface area (Å²) in [4.78, 5) is 27.4. The van der Waals surface area contributed by atoms with Crippen molar-refractivity contribution in [2.75, 3.05) is 14.2 Å². The van der Waals surface area contributed by atoms with E-state index >= 15 is 0 Å². The maximum atomic E-state index is 5.80. The molecule has 0 unspecified atom stereocenters. The summed E-state index contributed by atoms with van der Waals surface area (Å²) < 4.78 is 11.4. The lowest BCUT2D eigenvalue weighted by atomic mass is 9.78. The van der Waals surface area contributed by atoms with Crippen LogP contribution in [0.15, 0.2) is 183 Å². The van der Waals surface area contributed by atoms with Crippen LogP contribution in [0.1, 0.15) is 100 Å². The highest BCUT2D eigenvalue weighted by molar-refractivity contribution is 6.58. The molecule has 6 aromatic heterocycles. The van der Waals surface area contributed by atoms with E-state index in [9.17, 15) is 0 Å². The largest absolute Gasteiger partial charge is 0.497 e. The number of hydrogen-bond donors (Lipinski definition) is 0. The van der Waals surface area contributed by atoms with E-state index < -0.39 is 29.0 Å². The summed E-state index contributed by atoms with van der Waals surface area (Å²) in [6.07, 6.45) is 14.5. The first-order chi connectivity index (χ1) is 56.2. The second kappa shape index (κ2) is 34.9. The van der Waals surface area contributed by atoms with E-state index in [1.807, 2.05) is 49.1 Å². The number of fused-ring (bicyclic) bond motifs is 4. The van der Waals surface area contributed by atoms with Crippen molar-refractivity contribution in [1.82, 2.24) is 29.9 Å². The third-order valence-electron chi connectivity index (χ3n) is 21.5. The van der Waals surface area contributed by atoms with Crippen molar-refractivity contribution in [2.45, 2.75) is 94.2 Å². The molecule has 7 heterocycles. The smallest absolute Gasteiger partial charge is 0.137 e. The summed E-state index contributed by atoms with van der Waals surface area (Å²) >= 11 is 61.4. The van der Waals surface area contributed by atoms with Gasteiger partial charge in [0.25, 0.3) is 0 Å². The van der Waals surface area contributed by atoms with Crippen LogP contribution in [-0.4, -0.2) is 73.1 Å². The first kappa shape index (κ1) is 80.8. The second-order valence-electron chi connectivity index (χ2n) is 28.3. The van der Waals surface area contributed by atoms with Gasteiger partial charge in [-0.25, -0.2) is 9.97 Å². The van der Waals surface area contributed by atoms with Crippen molar-refractivity contribution >= 4 is 183 Å². The minimum absolute atomic E-state index is 0.673. The molecule has 0 atom stereocenters. The van der Waals surface area contributed by atoms with Gasteiger partial charge in [0.05, 0.1) is 59.1 Å². The molecule has 20 heteroatoms. The number of nitrogens with zero attached hydrogens (tertiary/aromatic N) is 6. The molecule has 0 fully saturated rings. The molecular formula is C96H64Cl12N6O2. The van der Waals surface area contributed by atoms with Crippen LogP contribution in [0, 0.1) is 61.2 Å². The lowest BCUT2D eigenvalue weighted by Gasteiger charge is -2.29. The van der Waals surface area contributed by atoms with Gasteiger partial charge in [0, 0.05) is 124 Å². The van der Waals surface area contributed by atoms with Crippen molar-refractivity contribution in [3.05, 3.63) is 283 Å². The van der Waals surface area contributed by atoms with Crippen LogP contribution < -0.4 is 9.47 Å². The van der Waals surface area contributed by atoms with Crippen LogP contribution in [0.5, 0.6) is 11.5 Å². The molecule has 4 aliphatic carbocycles. The number of hydrogen-bond acceptors (Lipinski definition) is 8. The highest BCUT2D eigenvalue weighted by atomic mass is 35.6. The Kier molecular flexibility index (Phi) is 24.3. The Hall–Kier alpha value is -8.98. The molecule has 19 rings (SSSR count). The van der Waals surface area contributed by atoms with Gasteiger partial charge in [-0.1, -0.05) is 95.9 Å². The van der Waals surface area contributed by atoms with Crippen LogP contribution in [0.4, 0.5) is 0 Å². The van der Waals surface area contributed by atoms with Gasteiger partial charge in [0.1, 0.15) is 40.5 Å². The Bertz CT molecular complexity index is 5860. The molecule has 1 aliphatic heterocycles. The minimum atomic E-state index is -0.673. The SMILES string of the molecule is COc1ccc(-c2c3c4nc5c2CCc2ccc(cc2-5)C#Cc2ccnc5c(C)c6nccc(c6cc25)C#Cc2ccc5c(c2)-c2nc6c(c(-c7ccc(OC)cc7)c2CC5)CCc2ccc(cc2-6)C#Cc2ccnc5c(C)c6nccc(c6cc25)C#Cc2ccc(c-4c2)CC3)cc1.ClC(Cl)C(Cl)Cl.ClC(Cl)C(Cl)Cl.ClC(Cl)C(Cl)Cl. The van der Waals surface area contributed by atoms with Crippen LogP contribution in [0.2, 0.25) is 0 Å². The fourth-order valence-electron chi connectivity index (χ4n) is 16.0. The van der Waals surface area contributed by atoms with Crippen molar-refractivity contribution in [3.63, 3.8) is 0 Å². The van der Waals surface area contributed by atoms with Crippen molar-refractivity contribution in [2.24, 2.45) is 0 Å². The maximum absolute atomic E-state index is 5.80. The van der Waals surface area contributed by atoms with Gasteiger partial charge in [0.15, 0.2) is 0 Å². The highest BCUT2D eigenvalue weighted by Crippen LogP contribution is 2.49. The molecular weight excluding hydrogens is 1690 g/mol. The summed E-state index contributed by atoms with van der Waals surface area (Å²) in [6.45, 7) is 4.21. The number of aryl methyl sites for hydroxylation is 6. The van der Waals surface area contributed by atoms with Crippen molar-refractivity contribution in [3.8, 4) is 126 Å². The number of benzene rings is 8. The number of aromatic nitrogens is 6. The number of pyridine rings is 6. The van der Waals surface area contributed by atoms with Crippen molar-refractivity contribution in [1.29, 1.82) is 0 Å². The standard InChI is InChI=1S/C90H58N6O2.3C2H2Cl4/c1-51-83-77-49-78-62(38-42-92-84(51)78)18-10-54-6-14-58-26-34-70-82(66-23-31-68(98-4)32-24-66)72-36-28-60-16-8-56(48-76(60)90(72)96-88(70)74(58)46-54)12-20-64-40-44-94-86-52(2)85-79(50-80(64)86)63(39-43-93-85)19-11-55-7-15-59-27-35-71-81(65-21-29-67(97-3)30-22-65)69-33-25-57-13-5-53(9-17-61(77)37-41-91-83)45-73(57)87(69)95-89(71)75(59)47-55;3*3-1(4)2(5)6/h5-8,13-16,21-24,29-32,37-50H,25-28,33-36H2,1-4H3;3*1-2H. The molecule has 0 saturated carbocycles. The Morgan fingerprint density at radius 3 is 0.750 bits per heavy atom. The highest BCUT2D eigenvalue weighted by Gasteiger charge is 2.33. The average molecular weight is 1760 g/mol. The first-order valence-corrected chi connectivity index (χ1v) is 42.5. The summed E-state index contributed by atoms with van der Waals surface area (Å²) in [5, 5.41) is 3.81. The molecule has 116 heavy (non-hydrogen) atoms. The van der Waals surface area contributed by atoms with E-state index in [4.69, 9.17) is 179 Å². The lowest BCUT2D eigenvalue weighted by molar-refractivity contribution is 0.415. The Morgan fingerprint density at radius 1 is 0.284 bits per heavy atom. The number of methoxy groups -OCH3 is 2. The quantitative estimate of drug-likeness (QED) is 0.0885. The summed E-state index contributed by atoms with van der Waals surface area (Å²) in [5.74, 6) is 30.7. The van der Waals surface area contributed by atoms with Gasteiger partial charge >= 0.3 is 0 Å². The Morgan fingerprint density at radius 2 is 0.526 bits per heavy atom. The second-order valence-corrected chi connectivity index (χ2v) is 35.2. The third-order valence-corrected chi connectivity index (χ3v) is 26.1. The number of rotatable bonds is 7. The Labute approximate surface area is 732 Å². The molecule has 8 aromatic carbocycles. The van der Waals surface area contributed by atoms with Gasteiger partial charge in [-0.05, 0) is 241 Å². The molecule has 0 spiro atoms. The van der Waals surface area contributed by atoms with E-state index in [2.05, 4.69) is 195 Å². The van der Waals surface area contributed by atoms with Crippen molar-refractivity contribution < 1.29 is 9.47 Å². The van der Waals surface area contributed by atoms with Crippen LogP contribution in [0.25, 0.3) is 111 Å². The van der Waals surface area contributed by atoms with Gasteiger partial charge in [0.2, 0.25) is 0 Å². The fraction of sp³-hybridized carbons (Fsp3) is 0.188. The van der Waals surface area contributed by atoms with E-state index in [1.54, 1.807) is 14.2 Å².